The number of halogens is 1. The minimum atomic E-state index is -0.0510. The summed E-state index contributed by atoms with van der Waals surface area (Å²) in [5.74, 6) is 0. The Balaban J connectivity index is 2.72. The summed E-state index contributed by atoms with van der Waals surface area (Å²) >= 11 is 3.45. The lowest BCUT2D eigenvalue weighted by Gasteiger charge is -2.17. The second-order valence-corrected chi connectivity index (χ2v) is 4.91. The number of nitrogens with two attached hydrogens (primary N) is 1. The zero-order valence-electron chi connectivity index (χ0n) is 9.46. The van der Waals surface area contributed by atoms with Gasteiger partial charge in [0.15, 0.2) is 0 Å². The molecular weight excluding hydrogens is 254 g/mol. The van der Waals surface area contributed by atoms with Crippen molar-refractivity contribution < 1.29 is 4.74 Å². The molecule has 0 heterocycles. The van der Waals surface area contributed by atoms with E-state index < -0.39 is 0 Å². The number of rotatable bonds is 4. The molecule has 1 unspecified atom stereocenters. The minimum Gasteiger partial charge on any atom is -0.377 e. The SMILES string of the molecule is Cc1ccc(Br)cc1C(N)COC(C)C. The molecule has 3 heteroatoms. The molecule has 0 bridgehead atoms. The first-order valence-corrected chi connectivity index (χ1v) is 5.93. The molecule has 0 radical (unpaired) electrons. The third kappa shape index (κ3) is 3.93. The molecule has 84 valence electrons. The fourth-order valence-corrected chi connectivity index (χ4v) is 1.78. The van der Waals surface area contributed by atoms with Crippen molar-refractivity contribution in [3.05, 3.63) is 33.8 Å². The van der Waals surface area contributed by atoms with E-state index in [1.54, 1.807) is 0 Å². The third-order valence-corrected chi connectivity index (χ3v) is 2.74. The number of ether oxygens (including phenoxy) is 1. The standard InChI is InChI=1S/C12H18BrNO/c1-8(2)15-7-12(14)11-6-10(13)5-4-9(11)3/h4-6,8,12H,7,14H2,1-3H3. The van der Waals surface area contributed by atoms with Crippen LogP contribution in [-0.4, -0.2) is 12.7 Å². The van der Waals surface area contributed by atoms with Gasteiger partial charge < -0.3 is 10.5 Å². The molecule has 1 atom stereocenters. The fraction of sp³-hybridized carbons (Fsp3) is 0.500. The summed E-state index contributed by atoms with van der Waals surface area (Å²) in [5.41, 5.74) is 8.42. The predicted octanol–water partition coefficient (Wildman–Crippen LogP) is 3.18. The van der Waals surface area contributed by atoms with Gasteiger partial charge in [-0.25, -0.2) is 0 Å². The molecule has 2 N–H and O–H groups in total. The minimum absolute atomic E-state index is 0.0510. The molecular formula is C12H18BrNO. The van der Waals surface area contributed by atoms with Crippen LogP contribution in [0.15, 0.2) is 22.7 Å². The molecule has 0 fully saturated rings. The maximum Gasteiger partial charge on any atom is 0.0662 e. The highest BCUT2D eigenvalue weighted by Crippen LogP contribution is 2.21. The fourth-order valence-electron chi connectivity index (χ4n) is 1.40. The van der Waals surface area contributed by atoms with Crippen molar-refractivity contribution in [1.82, 2.24) is 0 Å². The largest absolute Gasteiger partial charge is 0.377 e. The van der Waals surface area contributed by atoms with Crippen molar-refractivity contribution in [3.8, 4) is 0 Å². The molecule has 1 aromatic carbocycles. The lowest BCUT2D eigenvalue weighted by Crippen LogP contribution is -2.20. The summed E-state index contributed by atoms with van der Waals surface area (Å²) in [7, 11) is 0. The Morgan fingerprint density at radius 3 is 2.67 bits per heavy atom. The van der Waals surface area contributed by atoms with Gasteiger partial charge in [0.2, 0.25) is 0 Å². The number of aryl methyl sites for hydroxylation is 1. The second kappa shape index (κ2) is 5.64. The molecule has 0 spiro atoms. The predicted molar refractivity (Wildman–Crippen MR) is 66.9 cm³/mol. The van der Waals surface area contributed by atoms with Gasteiger partial charge in [-0.05, 0) is 44.0 Å². The molecule has 2 nitrogen and oxygen atoms in total. The Bertz CT molecular complexity index is 325. The van der Waals surface area contributed by atoms with Crippen molar-refractivity contribution in [2.24, 2.45) is 5.73 Å². The molecule has 0 saturated heterocycles. The van der Waals surface area contributed by atoms with Crippen molar-refractivity contribution in [2.45, 2.75) is 32.9 Å². The van der Waals surface area contributed by atoms with E-state index in [2.05, 4.69) is 35.0 Å². The molecule has 1 aromatic rings. The van der Waals surface area contributed by atoms with E-state index in [1.165, 1.54) is 5.56 Å². The highest BCUT2D eigenvalue weighted by Gasteiger charge is 2.10. The molecule has 0 amide bonds. The highest BCUT2D eigenvalue weighted by molar-refractivity contribution is 9.10. The van der Waals surface area contributed by atoms with Crippen LogP contribution in [0.1, 0.15) is 31.0 Å². The summed E-state index contributed by atoms with van der Waals surface area (Å²) in [5, 5.41) is 0. The van der Waals surface area contributed by atoms with Crippen LogP contribution in [-0.2, 0) is 4.74 Å². The average Bonchev–Trinajstić information content (AvgIpc) is 2.18. The van der Waals surface area contributed by atoms with Crippen molar-refractivity contribution in [3.63, 3.8) is 0 Å². The van der Waals surface area contributed by atoms with Crippen molar-refractivity contribution in [2.75, 3.05) is 6.61 Å². The van der Waals surface area contributed by atoms with Gasteiger partial charge in [0.1, 0.15) is 0 Å². The second-order valence-electron chi connectivity index (χ2n) is 3.99. The van der Waals surface area contributed by atoms with Crippen LogP contribution in [0, 0.1) is 6.92 Å². The topological polar surface area (TPSA) is 35.2 Å². The molecule has 15 heavy (non-hydrogen) atoms. The van der Waals surface area contributed by atoms with E-state index in [0.717, 1.165) is 10.0 Å². The zero-order chi connectivity index (χ0) is 11.4. The summed E-state index contributed by atoms with van der Waals surface area (Å²) in [6.07, 6.45) is 0.225. The van der Waals surface area contributed by atoms with Gasteiger partial charge in [-0.3, -0.25) is 0 Å². The van der Waals surface area contributed by atoms with Crippen LogP contribution in [0.4, 0.5) is 0 Å². The Morgan fingerprint density at radius 1 is 1.40 bits per heavy atom. The van der Waals surface area contributed by atoms with E-state index in [4.69, 9.17) is 10.5 Å². The first-order chi connectivity index (χ1) is 7.00. The maximum absolute atomic E-state index is 6.07. The van der Waals surface area contributed by atoms with Gasteiger partial charge in [0.05, 0.1) is 18.8 Å². The molecule has 1 rings (SSSR count). The van der Waals surface area contributed by atoms with Gasteiger partial charge in [0.25, 0.3) is 0 Å². The van der Waals surface area contributed by atoms with E-state index >= 15 is 0 Å². The molecule has 0 aliphatic heterocycles. The summed E-state index contributed by atoms with van der Waals surface area (Å²) in [6, 6.07) is 6.10. The van der Waals surface area contributed by atoms with Crippen LogP contribution >= 0.6 is 15.9 Å². The lowest BCUT2D eigenvalue weighted by molar-refractivity contribution is 0.0682. The summed E-state index contributed by atoms with van der Waals surface area (Å²) < 4.78 is 6.57. The highest BCUT2D eigenvalue weighted by atomic mass is 79.9. The normalized spacial score (nSPS) is 13.2. The van der Waals surface area contributed by atoms with Crippen LogP contribution in [0.3, 0.4) is 0 Å². The average molecular weight is 272 g/mol. The van der Waals surface area contributed by atoms with E-state index in [9.17, 15) is 0 Å². The van der Waals surface area contributed by atoms with Crippen molar-refractivity contribution in [1.29, 1.82) is 0 Å². The van der Waals surface area contributed by atoms with Crippen LogP contribution in [0.2, 0.25) is 0 Å². The van der Waals surface area contributed by atoms with E-state index in [-0.39, 0.29) is 12.1 Å². The Labute approximate surface area is 99.9 Å². The first kappa shape index (κ1) is 12.7. The summed E-state index contributed by atoms with van der Waals surface area (Å²) in [6.45, 7) is 6.66. The van der Waals surface area contributed by atoms with Gasteiger partial charge in [-0.1, -0.05) is 22.0 Å². The Hall–Kier alpha value is -0.380. The van der Waals surface area contributed by atoms with Crippen molar-refractivity contribution >= 4 is 15.9 Å². The lowest BCUT2D eigenvalue weighted by atomic mass is 10.0. The molecule has 0 aliphatic rings. The maximum atomic E-state index is 6.07. The quantitative estimate of drug-likeness (QED) is 0.913. The van der Waals surface area contributed by atoms with Gasteiger partial charge in [0, 0.05) is 4.47 Å². The molecule has 0 saturated carbocycles. The third-order valence-electron chi connectivity index (χ3n) is 2.25. The number of hydrogen-bond acceptors (Lipinski definition) is 2. The smallest absolute Gasteiger partial charge is 0.0662 e. The van der Waals surface area contributed by atoms with Crippen LogP contribution in [0.25, 0.3) is 0 Å². The zero-order valence-corrected chi connectivity index (χ0v) is 11.0. The van der Waals surface area contributed by atoms with Crippen LogP contribution < -0.4 is 5.73 Å². The van der Waals surface area contributed by atoms with Gasteiger partial charge in [-0.2, -0.15) is 0 Å². The number of benzene rings is 1. The van der Waals surface area contributed by atoms with Gasteiger partial charge in [-0.15, -0.1) is 0 Å². The monoisotopic (exact) mass is 271 g/mol. The van der Waals surface area contributed by atoms with E-state index in [1.807, 2.05) is 19.9 Å². The Kier molecular flexibility index (Phi) is 4.77. The molecule has 0 aromatic heterocycles. The molecule has 0 aliphatic carbocycles. The number of hydrogen-bond donors (Lipinski definition) is 1. The van der Waals surface area contributed by atoms with Crippen LogP contribution in [0.5, 0.6) is 0 Å². The summed E-state index contributed by atoms with van der Waals surface area (Å²) in [4.78, 5) is 0. The van der Waals surface area contributed by atoms with Gasteiger partial charge >= 0.3 is 0 Å². The van der Waals surface area contributed by atoms with E-state index in [0.29, 0.717) is 6.61 Å². The first-order valence-electron chi connectivity index (χ1n) is 5.14. The Morgan fingerprint density at radius 2 is 2.07 bits per heavy atom.